The number of hydrogen-bond acceptors (Lipinski definition) is 5. The largest absolute Gasteiger partial charge is 0.484 e. The molecular weight excluding hydrogens is 373 g/mol. The zero-order chi connectivity index (χ0) is 19.4. The van der Waals surface area contributed by atoms with Crippen molar-refractivity contribution in [1.29, 1.82) is 0 Å². The van der Waals surface area contributed by atoms with Crippen molar-refractivity contribution in [2.75, 3.05) is 52.1 Å². The molecule has 0 N–H and O–H groups in total. The Hall–Kier alpha value is -1.71. The number of likely N-dealkylation sites (tertiary alicyclic amines) is 2. The fourth-order valence-electron chi connectivity index (χ4n) is 3.47. The molecule has 0 bridgehead atoms. The Morgan fingerprint density at radius 1 is 1.22 bits per heavy atom. The number of carbonyl (C=O) groups is 1. The summed E-state index contributed by atoms with van der Waals surface area (Å²) in [6, 6.07) is 5.28. The van der Waals surface area contributed by atoms with Crippen molar-refractivity contribution in [3.05, 3.63) is 30.1 Å². The van der Waals surface area contributed by atoms with E-state index in [0.29, 0.717) is 25.4 Å². The Morgan fingerprint density at radius 3 is 2.44 bits per heavy atom. The number of halogens is 1. The van der Waals surface area contributed by atoms with Crippen LogP contribution in [0.3, 0.4) is 0 Å². The van der Waals surface area contributed by atoms with E-state index in [0.717, 1.165) is 19.6 Å². The van der Waals surface area contributed by atoms with Gasteiger partial charge in [-0.3, -0.25) is 4.79 Å². The maximum absolute atomic E-state index is 12.9. The first kappa shape index (κ1) is 20.0. The Bertz CT molecular complexity index is 744. The van der Waals surface area contributed by atoms with Crippen LogP contribution in [-0.4, -0.2) is 86.6 Å². The second-order valence-electron chi connectivity index (χ2n) is 7.12. The van der Waals surface area contributed by atoms with E-state index in [2.05, 4.69) is 4.90 Å². The lowest BCUT2D eigenvalue weighted by Gasteiger charge is -2.44. The summed E-state index contributed by atoms with van der Waals surface area (Å²) in [4.78, 5) is 16.1. The Morgan fingerprint density at radius 2 is 1.85 bits per heavy atom. The second-order valence-corrected chi connectivity index (χ2v) is 9.05. The van der Waals surface area contributed by atoms with Gasteiger partial charge in [-0.2, -0.15) is 4.31 Å². The summed E-state index contributed by atoms with van der Waals surface area (Å²) in [6.45, 7) is 3.83. The molecule has 0 unspecified atom stereocenters. The van der Waals surface area contributed by atoms with E-state index in [1.165, 1.54) is 47.7 Å². The number of carbonyl (C=O) groups excluding carboxylic acids is 1. The average molecular weight is 399 g/mol. The number of amides is 1. The van der Waals surface area contributed by atoms with E-state index in [4.69, 9.17) is 4.74 Å². The summed E-state index contributed by atoms with van der Waals surface area (Å²) in [7, 11) is -3.32. The molecule has 27 heavy (non-hydrogen) atoms. The molecule has 2 aliphatic heterocycles. The van der Waals surface area contributed by atoms with Gasteiger partial charge in [-0.15, -0.1) is 0 Å². The maximum atomic E-state index is 12.9. The van der Waals surface area contributed by atoms with E-state index in [9.17, 15) is 17.6 Å². The molecule has 2 aliphatic rings. The topological polar surface area (TPSA) is 70.2 Å². The van der Waals surface area contributed by atoms with Crippen LogP contribution in [0.5, 0.6) is 5.75 Å². The molecule has 2 heterocycles. The van der Waals surface area contributed by atoms with Crippen molar-refractivity contribution in [2.24, 2.45) is 0 Å². The molecule has 0 radical (unpaired) electrons. The third-order valence-corrected chi connectivity index (χ3v) is 6.39. The minimum absolute atomic E-state index is 0.148. The predicted octanol–water partition coefficient (Wildman–Crippen LogP) is 0.773. The van der Waals surface area contributed by atoms with Crippen LogP contribution < -0.4 is 4.74 Å². The van der Waals surface area contributed by atoms with E-state index in [-0.39, 0.29) is 24.4 Å². The average Bonchev–Trinajstić information content (AvgIpc) is 3.08. The summed E-state index contributed by atoms with van der Waals surface area (Å²) < 4.78 is 44.0. The maximum Gasteiger partial charge on any atom is 0.260 e. The lowest BCUT2D eigenvalue weighted by atomic mass is 10.1. The van der Waals surface area contributed by atoms with Gasteiger partial charge in [0.05, 0.1) is 12.3 Å². The minimum Gasteiger partial charge on any atom is -0.484 e. The molecule has 1 aromatic carbocycles. The van der Waals surface area contributed by atoms with Crippen molar-refractivity contribution in [2.45, 2.75) is 18.9 Å². The van der Waals surface area contributed by atoms with Gasteiger partial charge in [-0.1, -0.05) is 0 Å². The smallest absolute Gasteiger partial charge is 0.260 e. The van der Waals surface area contributed by atoms with Gasteiger partial charge in [0.2, 0.25) is 10.0 Å². The van der Waals surface area contributed by atoms with Gasteiger partial charge < -0.3 is 14.5 Å². The highest BCUT2D eigenvalue weighted by atomic mass is 32.2. The zero-order valence-corrected chi connectivity index (χ0v) is 16.3. The molecule has 2 fully saturated rings. The van der Waals surface area contributed by atoms with Crippen molar-refractivity contribution in [1.82, 2.24) is 14.1 Å². The van der Waals surface area contributed by atoms with Crippen LogP contribution in [0.15, 0.2) is 24.3 Å². The summed E-state index contributed by atoms with van der Waals surface area (Å²) in [5.74, 6) is -0.150. The van der Waals surface area contributed by atoms with Crippen LogP contribution in [0.25, 0.3) is 0 Å². The molecule has 1 aromatic rings. The van der Waals surface area contributed by atoms with E-state index in [1.54, 1.807) is 4.90 Å². The Balaban J connectivity index is 1.46. The van der Waals surface area contributed by atoms with Crippen molar-refractivity contribution in [3.8, 4) is 5.75 Å². The van der Waals surface area contributed by atoms with Crippen LogP contribution in [-0.2, 0) is 14.8 Å². The molecular formula is C18H26FN3O4S. The predicted molar refractivity (Wildman–Crippen MR) is 99.5 cm³/mol. The monoisotopic (exact) mass is 399 g/mol. The van der Waals surface area contributed by atoms with Crippen LogP contribution in [0.4, 0.5) is 4.39 Å². The van der Waals surface area contributed by atoms with Crippen LogP contribution >= 0.6 is 0 Å². The second kappa shape index (κ2) is 8.53. The zero-order valence-electron chi connectivity index (χ0n) is 15.5. The first-order valence-corrected chi connectivity index (χ1v) is 11.0. The molecule has 0 spiro atoms. The molecule has 2 saturated heterocycles. The molecule has 0 aliphatic carbocycles. The minimum atomic E-state index is -3.32. The van der Waals surface area contributed by atoms with E-state index >= 15 is 0 Å². The Kier molecular flexibility index (Phi) is 6.33. The van der Waals surface area contributed by atoms with Gasteiger partial charge in [0, 0.05) is 26.2 Å². The molecule has 7 nitrogen and oxygen atoms in total. The third-order valence-electron chi connectivity index (χ3n) is 5.06. The molecule has 9 heteroatoms. The standard InChI is InChI=1S/C18H26FN3O4S/c1-27(24,25)22(11-10-20-8-2-3-9-20)16-12-21(13-16)18(23)14-26-17-6-4-15(19)5-7-17/h4-7,16H,2-3,8-14H2,1H3. The van der Waals surface area contributed by atoms with Crippen molar-refractivity contribution >= 4 is 15.9 Å². The van der Waals surface area contributed by atoms with Gasteiger partial charge in [0.25, 0.3) is 5.91 Å². The van der Waals surface area contributed by atoms with E-state index in [1.807, 2.05) is 0 Å². The molecule has 0 atom stereocenters. The summed E-state index contributed by atoms with van der Waals surface area (Å²) in [5, 5.41) is 0. The summed E-state index contributed by atoms with van der Waals surface area (Å²) >= 11 is 0. The lowest BCUT2D eigenvalue weighted by Crippen LogP contribution is -2.63. The summed E-state index contributed by atoms with van der Waals surface area (Å²) in [6.07, 6.45) is 3.55. The number of hydrogen-bond donors (Lipinski definition) is 0. The number of nitrogens with zero attached hydrogens (tertiary/aromatic N) is 3. The quantitative estimate of drug-likeness (QED) is 0.646. The SMILES string of the molecule is CS(=O)(=O)N(CCN1CCCC1)C1CN(C(=O)COc2ccc(F)cc2)C1. The van der Waals surface area contributed by atoms with Crippen molar-refractivity contribution < 1.29 is 22.3 Å². The highest BCUT2D eigenvalue weighted by Crippen LogP contribution is 2.19. The highest BCUT2D eigenvalue weighted by molar-refractivity contribution is 7.88. The van der Waals surface area contributed by atoms with Crippen LogP contribution in [0.1, 0.15) is 12.8 Å². The van der Waals surface area contributed by atoms with Gasteiger partial charge in [-0.25, -0.2) is 12.8 Å². The molecule has 0 aromatic heterocycles. The van der Waals surface area contributed by atoms with Gasteiger partial charge >= 0.3 is 0 Å². The molecule has 3 rings (SSSR count). The number of sulfonamides is 1. The molecule has 150 valence electrons. The summed E-state index contributed by atoms with van der Waals surface area (Å²) in [5.41, 5.74) is 0. The number of benzene rings is 1. The third kappa shape index (κ3) is 5.40. The Labute approximate surface area is 159 Å². The molecule has 0 saturated carbocycles. The normalized spacial score (nSPS) is 18.7. The van der Waals surface area contributed by atoms with Crippen molar-refractivity contribution in [3.63, 3.8) is 0 Å². The highest BCUT2D eigenvalue weighted by Gasteiger charge is 2.38. The fraction of sp³-hybridized carbons (Fsp3) is 0.611. The van der Waals surface area contributed by atoms with Gasteiger partial charge in [-0.05, 0) is 50.2 Å². The van der Waals surface area contributed by atoms with Gasteiger partial charge in [0.15, 0.2) is 6.61 Å². The first-order chi connectivity index (χ1) is 12.8. The molecule has 1 amide bonds. The number of rotatable bonds is 8. The first-order valence-electron chi connectivity index (χ1n) is 9.18. The van der Waals surface area contributed by atoms with Crippen LogP contribution in [0.2, 0.25) is 0 Å². The van der Waals surface area contributed by atoms with E-state index < -0.39 is 10.0 Å². The van der Waals surface area contributed by atoms with Gasteiger partial charge in [0.1, 0.15) is 11.6 Å². The number of ether oxygens (including phenoxy) is 1. The lowest BCUT2D eigenvalue weighted by molar-refractivity contribution is -0.139. The van der Waals surface area contributed by atoms with Crippen LogP contribution in [0, 0.1) is 5.82 Å². The fourth-order valence-corrected chi connectivity index (χ4v) is 4.56.